The molecule has 1 aliphatic carbocycles. The predicted octanol–water partition coefficient (Wildman–Crippen LogP) is 3.28. The fourth-order valence-corrected chi connectivity index (χ4v) is 4.81. The fraction of sp³-hybridized carbons (Fsp3) is 0.667. The van der Waals surface area contributed by atoms with Crippen molar-refractivity contribution in [3.8, 4) is 0 Å². The Morgan fingerprint density at radius 2 is 1.80 bits per heavy atom. The van der Waals surface area contributed by atoms with Crippen LogP contribution in [-0.4, -0.2) is 25.2 Å². The van der Waals surface area contributed by atoms with Gasteiger partial charge in [0.1, 0.15) is 0 Å². The number of nitrogens with one attached hydrogen (secondary N) is 1. The second kappa shape index (κ2) is 5.07. The summed E-state index contributed by atoms with van der Waals surface area (Å²) in [6.07, 6.45) is 10.8. The molecule has 2 heterocycles. The summed E-state index contributed by atoms with van der Waals surface area (Å²) >= 11 is 0. The Bertz CT molecular complexity index is 482. The van der Waals surface area contributed by atoms with Crippen molar-refractivity contribution in [2.24, 2.45) is 0 Å². The Kier molecular flexibility index (Phi) is 3.22. The topological polar surface area (TPSA) is 15.3 Å². The van der Waals surface area contributed by atoms with Gasteiger partial charge in [0.2, 0.25) is 0 Å². The Morgan fingerprint density at radius 3 is 2.55 bits per heavy atom. The largest absolute Gasteiger partial charge is 0.365 e. The molecule has 3 aliphatic rings. The maximum Gasteiger partial charge on any atom is 0.0406 e. The quantitative estimate of drug-likeness (QED) is 0.887. The van der Waals surface area contributed by atoms with Gasteiger partial charge in [-0.05, 0) is 75.6 Å². The molecule has 0 aromatic heterocycles. The third-order valence-electron chi connectivity index (χ3n) is 5.79. The highest BCUT2D eigenvalue weighted by atomic mass is 15.2. The highest BCUT2D eigenvalue weighted by Gasteiger charge is 2.41. The number of hydrogen-bond donors (Lipinski definition) is 1. The average Bonchev–Trinajstić information content (AvgIpc) is 2.76. The standard InChI is InChI=1S/C18H26N2/c1-19-14-11-15-9-10-16(12-14)20(15)18-8-4-6-13-5-2-3-7-17(13)18/h4,6,8,14-16,19H,2-3,5,7,9-12H2,1H3. The van der Waals surface area contributed by atoms with Crippen molar-refractivity contribution >= 4 is 5.69 Å². The van der Waals surface area contributed by atoms with Crippen LogP contribution in [0, 0.1) is 0 Å². The lowest BCUT2D eigenvalue weighted by atomic mass is 9.88. The second-order valence-corrected chi connectivity index (χ2v) is 6.87. The number of nitrogens with zero attached hydrogens (tertiary/aromatic N) is 1. The summed E-state index contributed by atoms with van der Waals surface area (Å²) in [5.41, 5.74) is 4.90. The molecule has 20 heavy (non-hydrogen) atoms. The Hall–Kier alpha value is -1.02. The van der Waals surface area contributed by atoms with Crippen LogP contribution in [-0.2, 0) is 12.8 Å². The second-order valence-electron chi connectivity index (χ2n) is 6.87. The van der Waals surface area contributed by atoms with Crippen molar-refractivity contribution in [1.82, 2.24) is 5.32 Å². The van der Waals surface area contributed by atoms with Crippen LogP contribution in [0.5, 0.6) is 0 Å². The van der Waals surface area contributed by atoms with E-state index in [1.807, 2.05) is 0 Å². The van der Waals surface area contributed by atoms with Crippen molar-refractivity contribution in [1.29, 1.82) is 0 Å². The Morgan fingerprint density at radius 1 is 1.05 bits per heavy atom. The van der Waals surface area contributed by atoms with E-state index in [4.69, 9.17) is 0 Å². The molecule has 2 atom stereocenters. The van der Waals surface area contributed by atoms with E-state index in [9.17, 15) is 0 Å². The molecule has 0 amide bonds. The van der Waals surface area contributed by atoms with Crippen molar-refractivity contribution in [3.05, 3.63) is 29.3 Å². The molecule has 2 nitrogen and oxygen atoms in total. The van der Waals surface area contributed by atoms with Gasteiger partial charge >= 0.3 is 0 Å². The number of benzene rings is 1. The minimum Gasteiger partial charge on any atom is -0.365 e. The fourth-order valence-electron chi connectivity index (χ4n) is 4.81. The van der Waals surface area contributed by atoms with Gasteiger partial charge in [-0.3, -0.25) is 0 Å². The summed E-state index contributed by atoms with van der Waals surface area (Å²) in [7, 11) is 2.13. The number of hydrogen-bond acceptors (Lipinski definition) is 2. The summed E-state index contributed by atoms with van der Waals surface area (Å²) in [5, 5.41) is 3.51. The number of rotatable bonds is 2. The molecule has 4 rings (SSSR count). The zero-order valence-electron chi connectivity index (χ0n) is 12.6. The molecule has 1 aromatic rings. The van der Waals surface area contributed by atoms with Gasteiger partial charge in [0.15, 0.2) is 0 Å². The summed E-state index contributed by atoms with van der Waals surface area (Å²) in [6, 6.07) is 9.35. The van der Waals surface area contributed by atoms with Crippen LogP contribution in [0.3, 0.4) is 0 Å². The Labute approximate surface area is 122 Å². The van der Waals surface area contributed by atoms with Gasteiger partial charge in [-0.25, -0.2) is 0 Å². The SMILES string of the molecule is CNC1CC2CCC(C1)N2c1cccc2c1CCCC2. The molecule has 108 valence electrons. The van der Waals surface area contributed by atoms with Crippen molar-refractivity contribution < 1.29 is 0 Å². The van der Waals surface area contributed by atoms with Crippen LogP contribution in [0.15, 0.2) is 18.2 Å². The molecular weight excluding hydrogens is 244 g/mol. The van der Waals surface area contributed by atoms with Crippen LogP contribution in [0.2, 0.25) is 0 Å². The highest BCUT2D eigenvalue weighted by molar-refractivity contribution is 5.60. The van der Waals surface area contributed by atoms with E-state index in [0.717, 1.165) is 18.1 Å². The van der Waals surface area contributed by atoms with E-state index in [-0.39, 0.29) is 0 Å². The molecule has 0 radical (unpaired) electrons. The van der Waals surface area contributed by atoms with E-state index >= 15 is 0 Å². The first-order valence-electron chi connectivity index (χ1n) is 8.43. The zero-order valence-corrected chi connectivity index (χ0v) is 12.6. The molecule has 2 bridgehead atoms. The number of fused-ring (bicyclic) bond motifs is 3. The summed E-state index contributed by atoms with van der Waals surface area (Å²) in [6.45, 7) is 0. The van der Waals surface area contributed by atoms with Crippen LogP contribution in [0.4, 0.5) is 5.69 Å². The van der Waals surface area contributed by atoms with Gasteiger partial charge in [0.25, 0.3) is 0 Å². The summed E-state index contributed by atoms with van der Waals surface area (Å²) in [5.74, 6) is 0. The summed E-state index contributed by atoms with van der Waals surface area (Å²) in [4.78, 5) is 2.80. The lowest BCUT2D eigenvalue weighted by molar-refractivity contribution is 0.373. The lowest BCUT2D eigenvalue weighted by Gasteiger charge is -2.42. The van der Waals surface area contributed by atoms with Gasteiger partial charge < -0.3 is 10.2 Å². The Balaban J connectivity index is 1.69. The third kappa shape index (κ3) is 1.96. The first-order chi connectivity index (χ1) is 9.86. The third-order valence-corrected chi connectivity index (χ3v) is 5.79. The van der Waals surface area contributed by atoms with Gasteiger partial charge in [0, 0.05) is 23.8 Å². The normalized spacial score (nSPS) is 32.2. The van der Waals surface area contributed by atoms with Gasteiger partial charge in [-0.2, -0.15) is 0 Å². The average molecular weight is 270 g/mol. The number of aryl methyl sites for hydroxylation is 1. The summed E-state index contributed by atoms with van der Waals surface area (Å²) < 4.78 is 0. The van der Waals surface area contributed by atoms with Gasteiger partial charge in [-0.1, -0.05) is 12.1 Å². The molecule has 2 aliphatic heterocycles. The van der Waals surface area contributed by atoms with E-state index in [1.54, 1.807) is 16.8 Å². The first-order valence-corrected chi connectivity index (χ1v) is 8.43. The predicted molar refractivity (Wildman–Crippen MR) is 84.5 cm³/mol. The van der Waals surface area contributed by atoms with Crippen molar-refractivity contribution in [2.45, 2.75) is 69.5 Å². The van der Waals surface area contributed by atoms with E-state index in [1.165, 1.54) is 51.4 Å². The lowest BCUT2D eigenvalue weighted by Crippen LogP contribution is -2.48. The van der Waals surface area contributed by atoms with Crippen molar-refractivity contribution in [3.63, 3.8) is 0 Å². The molecule has 1 N–H and O–H groups in total. The molecule has 2 saturated heterocycles. The molecule has 0 spiro atoms. The van der Waals surface area contributed by atoms with E-state index in [0.29, 0.717) is 0 Å². The highest BCUT2D eigenvalue weighted by Crippen LogP contribution is 2.42. The molecule has 2 unspecified atom stereocenters. The first kappa shape index (κ1) is 12.7. The van der Waals surface area contributed by atoms with E-state index in [2.05, 4.69) is 35.5 Å². The monoisotopic (exact) mass is 270 g/mol. The minimum absolute atomic E-state index is 0.739. The van der Waals surface area contributed by atoms with Gasteiger partial charge in [-0.15, -0.1) is 0 Å². The van der Waals surface area contributed by atoms with Crippen LogP contribution >= 0.6 is 0 Å². The molecular formula is C18H26N2. The van der Waals surface area contributed by atoms with Crippen LogP contribution in [0.25, 0.3) is 0 Å². The maximum absolute atomic E-state index is 3.51. The van der Waals surface area contributed by atoms with E-state index < -0.39 is 0 Å². The van der Waals surface area contributed by atoms with Crippen molar-refractivity contribution in [2.75, 3.05) is 11.9 Å². The smallest absolute Gasteiger partial charge is 0.0406 e. The molecule has 1 aromatic carbocycles. The van der Waals surface area contributed by atoms with Crippen LogP contribution in [0.1, 0.15) is 49.7 Å². The molecule has 2 fully saturated rings. The maximum atomic E-state index is 3.51. The van der Waals surface area contributed by atoms with Crippen LogP contribution < -0.4 is 10.2 Å². The zero-order chi connectivity index (χ0) is 13.5. The minimum atomic E-state index is 0.739. The number of piperidine rings is 1. The molecule has 2 heteroatoms. The van der Waals surface area contributed by atoms with Gasteiger partial charge in [0.05, 0.1) is 0 Å². The number of anilines is 1. The molecule has 0 saturated carbocycles.